The molecule has 6 nitrogen and oxygen atoms in total. The van der Waals surface area contributed by atoms with Crippen LogP contribution in [0.3, 0.4) is 0 Å². The van der Waals surface area contributed by atoms with Gasteiger partial charge in [-0.1, -0.05) is 6.07 Å². The minimum absolute atomic E-state index is 0.0522. The maximum absolute atomic E-state index is 11.7. The van der Waals surface area contributed by atoms with Crippen LogP contribution in [0.5, 0.6) is 11.5 Å². The lowest BCUT2D eigenvalue weighted by molar-refractivity contribution is -0.123. The molecule has 0 radical (unpaired) electrons. The number of aliphatic hydroxyl groups excluding tert-OH is 1. The third-order valence-electron chi connectivity index (χ3n) is 3.28. The maximum atomic E-state index is 11.7. The Hall–Kier alpha value is -1.79. The number of aliphatic hydroxyl groups is 1. The minimum atomic E-state index is -0.394. The Labute approximate surface area is 118 Å². The number of hydrogen-bond donors (Lipinski definition) is 3. The van der Waals surface area contributed by atoms with Crippen molar-refractivity contribution in [1.29, 1.82) is 0 Å². The summed E-state index contributed by atoms with van der Waals surface area (Å²) in [7, 11) is 1.58. The Kier molecular flexibility index (Phi) is 5.20. The second kappa shape index (κ2) is 7.12. The summed E-state index contributed by atoms with van der Waals surface area (Å²) in [5, 5.41) is 15.4. The van der Waals surface area contributed by atoms with Gasteiger partial charge in [-0.2, -0.15) is 0 Å². The maximum Gasteiger partial charge on any atom is 0.257 e. The van der Waals surface area contributed by atoms with E-state index in [1.807, 2.05) is 0 Å². The van der Waals surface area contributed by atoms with Crippen LogP contribution >= 0.6 is 0 Å². The second-order valence-corrected chi connectivity index (χ2v) is 4.76. The SMILES string of the molecule is COc1cccc(OCC(=O)NCC2CNCC2O)c1. The van der Waals surface area contributed by atoms with Crippen molar-refractivity contribution in [3.63, 3.8) is 0 Å². The number of ether oxygens (including phenoxy) is 2. The fourth-order valence-corrected chi connectivity index (χ4v) is 2.06. The van der Waals surface area contributed by atoms with Crippen LogP contribution in [0.1, 0.15) is 0 Å². The van der Waals surface area contributed by atoms with E-state index in [0.29, 0.717) is 24.6 Å². The summed E-state index contributed by atoms with van der Waals surface area (Å²) in [4.78, 5) is 11.7. The first-order chi connectivity index (χ1) is 9.69. The Morgan fingerprint density at radius 2 is 2.25 bits per heavy atom. The van der Waals surface area contributed by atoms with Crippen molar-refractivity contribution in [3.8, 4) is 11.5 Å². The Balaban J connectivity index is 1.71. The molecule has 1 saturated heterocycles. The normalized spacial score (nSPS) is 21.5. The number of carbonyl (C=O) groups excluding carboxylic acids is 1. The summed E-state index contributed by atoms with van der Waals surface area (Å²) in [6.07, 6.45) is -0.394. The summed E-state index contributed by atoms with van der Waals surface area (Å²) in [6, 6.07) is 7.09. The van der Waals surface area contributed by atoms with Crippen molar-refractivity contribution in [3.05, 3.63) is 24.3 Å². The topological polar surface area (TPSA) is 79.8 Å². The third-order valence-corrected chi connectivity index (χ3v) is 3.28. The molecular weight excluding hydrogens is 260 g/mol. The Bertz CT molecular complexity index is 453. The summed E-state index contributed by atoms with van der Waals surface area (Å²) in [5.41, 5.74) is 0. The number of carbonyl (C=O) groups is 1. The smallest absolute Gasteiger partial charge is 0.257 e. The number of nitrogens with one attached hydrogen (secondary N) is 2. The molecule has 0 spiro atoms. The van der Waals surface area contributed by atoms with E-state index >= 15 is 0 Å². The number of methoxy groups -OCH3 is 1. The van der Waals surface area contributed by atoms with Gasteiger partial charge in [0, 0.05) is 31.6 Å². The monoisotopic (exact) mass is 280 g/mol. The van der Waals surface area contributed by atoms with E-state index in [-0.39, 0.29) is 18.4 Å². The van der Waals surface area contributed by atoms with Crippen LogP contribution in [0.4, 0.5) is 0 Å². The van der Waals surface area contributed by atoms with Crippen LogP contribution < -0.4 is 20.1 Å². The van der Waals surface area contributed by atoms with Crippen LogP contribution in [-0.4, -0.2) is 50.5 Å². The number of hydrogen-bond acceptors (Lipinski definition) is 5. The van der Waals surface area contributed by atoms with Gasteiger partial charge in [0.05, 0.1) is 13.2 Å². The summed E-state index contributed by atoms with van der Waals surface area (Å²) in [5.74, 6) is 1.13. The molecule has 110 valence electrons. The molecule has 2 atom stereocenters. The van der Waals surface area contributed by atoms with Crippen LogP contribution in [0.25, 0.3) is 0 Å². The molecule has 2 unspecified atom stereocenters. The first-order valence-electron chi connectivity index (χ1n) is 6.61. The molecule has 6 heteroatoms. The lowest BCUT2D eigenvalue weighted by atomic mass is 10.1. The highest BCUT2D eigenvalue weighted by molar-refractivity contribution is 5.77. The average Bonchev–Trinajstić information content (AvgIpc) is 2.88. The van der Waals surface area contributed by atoms with Crippen LogP contribution in [0.15, 0.2) is 24.3 Å². The van der Waals surface area contributed by atoms with Gasteiger partial charge in [0.15, 0.2) is 6.61 Å². The summed E-state index contributed by atoms with van der Waals surface area (Å²) in [6.45, 7) is 1.71. The first-order valence-corrected chi connectivity index (χ1v) is 6.61. The zero-order valence-corrected chi connectivity index (χ0v) is 11.5. The fraction of sp³-hybridized carbons (Fsp3) is 0.500. The van der Waals surface area contributed by atoms with Crippen LogP contribution in [-0.2, 0) is 4.79 Å². The van der Waals surface area contributed by atoms with Gasteiger partial charge in [0.25, 0.3) is 5.91 Å². The van der Waals surface area contributed by atoms with E-state index in [0.717, 1.165) is 6.54 Å². The molecule has 1 aromatic carbocycles. The van der Waals surface area contributed by atoms with Gasteiger partial charge < -0.3 is 25.2 Å². The van der Waals surface area contributed by atoms with Crippen LogP contribution in [0.2, 0.25) is 0 Å². The van der Waals surface area contributed by atoms with Crippen molar-refractivity contribution in [1.82, 2.24) is 10.6 Å². The summed E-state index contributed by atoms with van der Waals surface area (Å²) >= 11 is 0. The Morgan fingerprint density at radius 3 is 2.95 bits per heavy atom. The predicted molar refractivity (Wildman–Crippen MR) is 73.9 cm³/mol. The van der Waals surface area contributed by atoms with E-state index in [9.17, 15) is 9.90 Å². The standard InChI is InChI=1S/C14H20N2O4/c1-19-11-3-2-4-12(5-11)20-9-14(18)16-7-10-6-15-8-13(10)17/h2-5,10,13,15,17H,6-9H2,1H3,(H,16,18). The molecule has 1 aliphatic heterocycles. The second-order valence-electron chi connectivity index (χ2n) is 4.76. The molecule has 1 aromatic rings. The van der Waals surface area contributed by atoms with E-state index in [1.54, 1.807) is 31.4 Å². The minimum Gasteiger partial charge on any atom is -0.497 e. The summed E-state index contributed by atoms with van der Waals surface area (Å²) < 4.78 is 10.5. The van der Waals surface area contributed by atoms with Crippen LogP contribution in [0, 0.1) is 5.92 Å². The molecule has 1 amide bonds. The van der Waals surface area contributed by atoms with Crippen molar-refractivity contribution in [2.45, 2.75) is 6.10 Å². The van der Waals surface area contributed by atoms with Gasteiger partial charge in [-0.15, -0.1) is 0 Å². The van der Waals surface area contributed by atoms with Crippen molar-refractivity contribution in [2.24, 2.45) is 5.92 Å². The zero-order chi connectivity index (χ0) is 14.4. The molecular formula is C14H20N2O4. The predicted octanol–water partition coefficient (Wildman–Crippen LogP) is -0.229. The van der Waals surface area contributed by atoms with Gasteiger partial charge >= 0.3 is 0 Å². The highest BCUT2D eigenvalue weighted by Gasteiger charge is 2.24. The molecule has 0 aromatic heterocycles. The first kappa shape index (κ1) is 14.6. The fourth-order valence-electron chi connectivity index (χ4n) is 2.06. The number of amides is 1. The molecule has 1 aliphatic rings. The van der Waals surface area contributed by atoms with E-state index in [4.69, 9.17) is 9.47 Å². The number of benzene rings is 1. The quantitative estimate of drug-likeness (QED) is 0.671. The highest BCUT2D eigenvalue weighted by atomic mass is 16.5. The van der Waals surface area contributed by atoms with E-state index < -0.39 is 6.10 Å². The van der Waals surface area contributed by atoms with Gasteiger partial charge in [0.1, 0.15) is 11.5 Å². The van der Waals surface area contributed by atoms with Crippen molar-refractivity contribution >= 4 is 5.91 Å². The van der Waals surface area contributed by atoms with E-state index in [1.165, 1.54) is 0 Å². The molecule has 20 heavy (non-hydrogen) atoms. The molecule has 0 saturated carbocycles. The Morgan fingerprint density at radius 1 is 1.45 bits per heavy atom. The lowest BCUT2D eigenvalue weighted by Gasteiger charge is -2.14. The van der Waals surface area contributed by atoms with Gasteiger partial charge in [-0.3, -0.25) is 4.79 Å². The molecule has 1 heterocycles. The molecule has 2 rings (SSSR count). The van der Waals surface area contributed by atoms with Crippen molar-refractivity contribution < 1.29 is 19.4 Å². The third kappa shape index (κ3) is 4.11. The lowest BCUT2D eigenvalue weighted by Crippen LogP contribution is -2.36. The average molecular weight is 280 g/mol. The van der Waals surface area contributed by atoms with Gasteiger partial charge in [-0.25, -0.2) is 0 Å². The number of rotatable bonds is 6. The van der Waals surface area contributed by atoms with E-state index in [2.05, 4.69) is 10.6 Å². The zero-order valence-electron chi connectivity index (χ0n) is 11.5. The highest BCUT2D eigenvalue weighted by Crippen LogP contribution is 2.18. The largest absolute Gasteiger partial charge is 0.497 e. The molecule has 0 bridgehead atoms. The van der Waals surface area contributed by atoms with Gasteiger partial charge in [-0.05, 0) is 12.1 Å². The molecule has 1 fully saturated rings. The van der Waals surface area contributed by atoms with Crippen molar-refractivity contribution in [2.75, 3.05) is 33.4 Å². The molecule has 0 aliphatic carbocycles. The molecule has 3 N–H and O–H groups in total. The number of β-amino-alcohol motifs (C(OH)–C–C–N with tert-alkyl or cyclic N) is 1. The van der Waals surface area contributed by atoms with Gasteiger partial charge in [0.2, 0.25) is 0 Å².